The summed E-state index contributed by atoms with van der Waals surface area (Å²) in [5, 5.41) is 14.1. The van der Waals surface area contributed by atoms with Crippen molar-refractivity contribution < 1.29 is 4.92 Å². The number of rotatable bonds is 5. The SMILES string of the molecule is O=[N+]([O-])c1ccc(CCNc2cccc(Cl)n2)cc1. The van der Waals surface area contributed by atoms with Crippen LogP contribution in [0.1, 0.15) is 5.56 Å². The lowest BCUT2D eigenvalue weighted by molar-refractivity contribution is -0.384. The predicted octanol–water partition coefficient (Wildman–Crippen LogP) is 3.30. The zero-order chi connectivity index (χ0) is 13.7. The van der Waals surface area contributed by atoms with Crippen molar-refractivity contribution in [1.82, 2.24) is 4.98 Å². The van der Waals surface area contributed by atoms with Crippen LogP contribution in [0.5, 0.6) is 0 Å². The van der Waals surface area contributed by atoms with Gasteiger partial charge in [-0.3, -0.25) is 10.1 Å². The molecule has 2 aromatic rings. The Morgan fingerprint density at radius 1 is 1.21 bits per heavy atom. The molecule has 0 aliphatic rings. The Morgan fingerprint density at radius 3 is 2.58 bits per heavy atom. The standard InChI is InChI=1S/C13H12ClN3O2/c14-12-2-1-3-13(16-12)15-9-8-10-4-6-11(7-5-10)17(18)19/h1-7H,8-9H2,(H,15,16). The molecule has 0 saturated carbocycles. The molecule has 19 heavy (non-hydrogen) atoms. The molecule has 0 aliphatic heterocycles. The van der Waals surface area contributed by atoms with E-state index in [0.29, 0.717) is 11.7 Å². The number of aromatic nitrogens is 1. The minimum atomic E-state index is -0.405. The van der Waals surface area contributed by atoms with E-state index in [1.165, 1.54) is 12.1 Å². The third kappa shape index (κ3) is 3.93. The van der Waals surface area contributed by atoms with Crippen LogP contribution in [-0.4, -0.2) is 16.5 Å². The van der Waals surface area contributed by atoms with Crippen LogP contribution >= 0.6 is 11.6 Å². The fourth-order valence-electron chi connectivity index (χ4n) is 1.63. The molecule has 0 fully saturated rings. The lowest BCUT2D eigenvalue weighted by Gasteiger charge is -2.05. The average molecular weight is 278 g/mol. The molecule has 1 heterocycles. The van der Waals surface area contributed by atoms with Crippen molar-refractivity contribution in [1.29, 1.82) is 0 Å². The van der Waals surface area contributed by atoms with Crippen molar-refractivity contribution in [2.75, 3.05) is 11.9 Å². The van der Waals surface area contributed by atoms with Gasteiger partial charge >= 0.3 is 0 Å². The van der Waals surface area contributed by atoms with E-state index in [-0.39, 0.29) is 5.69 Å². The number of hydrogen-bond acceptors (Lipinski definition) is 4. The molecule has 0 amide bonds. The second kappa shape index (κ2) is 6.15. The second-order valence-electron chi connectivity index (χ2n) is 3.95. The molecule has 0 radical (unpaired) electrons. The fourth-order valence-corrected chi connectivity index (χ4v) is 1.79. The second-order valence-corrected chi connectivity index (χ2v) is 4.33. The van der Waals surface area contributed by atoms with E-state index >= 15 is 0 Å². The Hall–Kier alpha value is -2.14. The highest BCUT2D eigenvalue weighted by Gasteiger charge is 2.03. The summed E-state index contributed by atoms with van der Waals surface area (Å²) < 4.78 is 0. The topological polar surface area (TPSA) is 68.1 Å². The maximum absolute atomic E-state index is 10.5. The van der Waals surface area contributed by atoms with Crippen molar-refractivity contribution in [3.63, 3.8) is 0 Å². The molecular formula is C13H12ClN3O2. The molecule has 0 spiro atoms. The molecule has 1 N–H and O–H groups in total. The van der Waals surface area contributed by atoms with Gasteiger partial charge in [-0.25, -0.2) is 4.98 Å². The molecule has 1 aromatic carbocycles. The van der Waals surface area contributed by atoms with E-state index < -0.39 is 4.92 Å². The van der Waals surface area contributed by atoms with Crippen molar-refractivity contribution in [3.8, 4) is 0 Å². The van der Waals surface area contributed by atoms with Gasteiger partial charge in [-0.1, -0.05) is 29.8 Å². The largest absolute Gasteiger partial charge is 0.370 e. The lowest BCUT2D eigenvalue weighted by Crippen LogP contribution is -2.06. The zero-order valence-corrected chi connectivity index (χ0v) is 10.8. The first-order valence-corrected chi connectivity index (χ1v) is 6.13. The predicted molar refractivity (Wildman–Crippen MR) is 74.5 cm³/mol. The number of halogens is 1. The van der Waals surface area contributed by atoms with E-state index in [1.807, 2.05) is 12.1 Å². The molecule has 0 saturated heterocycles. The van der Waals surface area contributed by atoms with Crippen molar-refractivity contribution in [2.24, 2.45) is 0 Å². The van der Waals surface area contributed by atoms with Gasteiger partial charge in [-0.05, 0) is 24.1 Å². The smallest absolute Gasteiger partial charge is 0.269 e. The number of pyridine rings is 1. The number of nitro benzene ring substituents is 1. The number of nitrogens with zero attached hydrogens (tertiary/aromatic N) is 2. The lowest BCUT2D eigenvalue weighted by atomic mass is 10.1. The Kier molecular flexibility index (Phi) is 4.30. The third-order valence-corrected chi connectivity index (χ3v) is 2.79. The first-order chi connectivity index (χ1) is 9.15. The Morgan fingerprint density at radius 2 is 1.95 bits per heavy atom. The van der Waals surface area contributed by atoms with Crippen LogP contribution in [0, 0.1) is 10.1 Å². The van der Waals surface area contributed by atoms with E-state index in [1.54, 1.807) is 18.2 Å². The van der Waals surface area contributed by atoms with E-state index in [4.69, 9.17) is 11.6 Å². The highest BCUT2D eigenvalue weighted by Crippen LogP contribution is 2.13. The van der Waals surface area contributed by atoms with Gasteiger partial charge in [0.05, 0.1) is 4.92 Å². The molecule has 0 atom stereocenters. The fraction of sp³-hybridized carbons (Fsp3) is 0.154. The van der Waals surface area contributed by atoms with Gasteiger partial charge in [0.1, 0.15) is 11.0 Å². The summed E-state index contributed by atoms with van der Waals surface area (Å²) in [5.74, 6) is 0.717. The molecule has 2 rings (SSSR count). The highest BCUT2D eigenvalue weighted by molar-refractivity contribution is 6.29. The maximum Gasteiger partial charge on any atom is 0.269 e. The summed E-state index contributed by atoms with van der Waals surface area (Å²) in [6.45, 7) is 0.686. The van der Waals surface area contributed by atoms with Gasteiger partial charge < -0.3 is 5.32 Å². The summed E-state index contributed by atoms with van der Waals surface area (Å²) in [7, 11) is 0. The van der Waals surface area contributed by atoms with E-state index in [0.717, 1.165) is 17.8 Å². The van der Waals surface area contributed by atoms with E-state index in [9.17, 15) is 10.1 Å². The maximum atomic E-state index is 10.5. The van der Waals surface area contributed by atoms with Crippen LogP contribution in [0.15, 0.2) is 42.5 Å². The van der Waals surface area contributed by atoms with Crippen molar-refractivity contribution >= 4 is 23.1 Å². The summed E-state index contributed by atoms with van der Waals surface area (Å²) in [6, 6.07) is 11.9. The van der Waals surface area contributed by atoms with Gasteiger partial charge in [-0.2, -0.15) is 0 Å². The van der Waals surface area contributed by atoms with Crippen LogP contribution in [0.4, 0.5) is 11.5 Å². The Balaban J connectivity index is 1.87. The Labute approximate surface area is 115 Å². The van der Waals surface area contributed by atoms with Gasteiger partial charge in [0, 0.05) is 18.7 Å². The molecular weight excluding hydrogens is 266 g/mol. The minimum absolute atomic E-state index is 0.105. The van der Waals surface area contributed by atoms with Gasteiger partial charge in [0.2, 0.25) is 0 Å². The first kappa shape index (κ1) is 13.3. The van der Waals surface area contributed by atoms with Crippen LogP contribution in [0.2, 0.25) is 5.15 Å². The molecule has 0 bridgehead atoms. The van der Waals surface area contributed by atoms with Crippen molar-refractivity contribution in [2.45, 2.75) is 6.42 Å². The number of nitrogens with one attached hydrogen (secondary N) is 1. The summed E-state index contributed by atoms with van der Waals surface area (Å²) in [6.07, 6.45) is 0.756. The zero-order valence-electron chi connectivity index (χ0n) is 10.0. The van der Waals surface area contributed by atoms with Gasteiger partial charge in [0.15, 0.2) is 0 Å². The van der Waals surface area contributed by atoms with Crippen LogP contribution in [0.3, 0.4) is 0 Å². The van der Waals surface area contributed by atoms with E-state index in [2.05, 4.69) is 10.3 Å². The normalized spacial score (nSPS) is 10.2. The van der Waals surface area contributed by atoms with Crippen LogP contribution < -0.4 is 5.32 Å². The van der Waals surface area contributed by atoms with Crippen LogP contribution in [0.25, 0.3) is 0 Å². The molecule has 98 valence electrons. The molecule has 6 heteroatoms. The number of non-ortho nitro benzene ring substituents is 1. The van der Waals surface area contributed by atoms with Crippen LogP contribution in [-0.2, 0) is 6.42 Å². The number of benzene rings is 1. The van der Waals surface area contributed by atoms with Gasteiger partial charge in [-0.15, -0.1) is 0 Å². The monoisotopic (exact) mass is 277 g/mol. The highest BCUT2D eigenvalue weighted by atomic mass is 35.5. The number of nitro groups is 1. The molecule has 0 unspecified atom stereocenters. The van der Waals surface area contributed by atoms with Gasteiger partial charge in [0.25, 0.3) is 5.69 Å². The number of anilines is 1. The molecule has 5 nitrogen and oxygen atoms in total. The summed E-state index contributed by atoms with van der Waals surface area (Å²) in [5.41, 5.74) is 1.13. The molecule has 1 aromatic heterocycles. The quantitative estimate of drug-likeness (QED) is 0.517. The van der Waals surface area contributed by atoms with Crippen molar-refractivity contribution in [3.05, 3.63) is 63.3 Å². The summed E-state index contributed by atoms with van der Waals surface area (Å²) >= 11 is 5.77. The first-order valence-electron chi connectivity index (χ1n) is 5.75. The Bertz CT molecular complexity index is 572. The summed E-state index contributed by atoms with van der Waals surface area (Å²) in [4.78, 5) is 14.2. The number of hydrogen-bond donors (Lipinski definition) is 1. The third-order valence-electron chi connectivity index (χ3n) is 2.58. The average Bonchev–Trinajstić information content (AvgIpc) is 2.39. The molecule has 0 aliphatic carbocycles. The minimum Gasteiger partial charge on any atom is -0.370 e.